The van der Waals surface area contributed by atoms with Crippen molar-refractivity contribution in [1.29, 1.82) is 0 Å². The summed E-state index contributed by atoms with van der Waals surface area (Å²) in [4.78, 5) is 14.4. The number of fused-ring (bicyclic) bond motifs is 1. The quantitative estimate of drug-likeness (QED) is 0.196. The SMILES string of the molecule is CC(C)N1CCCCC1.CCOC(=O)c1ccc(NCC#Cc2cc3c(N)cccc3n2CC(F)(F)F)c(OC)c1. The number of hydrogen-bond donors (Lipinski definition) is 2. The van der Waals surface area contributed by atoms with Crippen molar-refractivity contribution in [2.24, 2.45) is 0 Å². The lowest BCUT2D eigenvalue weighted by atomic mass is 10.1. The van der Waals surface area contributed by atoms with E-state index in [-0.39, 0.29) is 18.8 Å². The standard InChI is InChI=1S/C23H22F3N3O3.C8H17N/c1-3-32-22(30)15-9-10-19(21(12-15)31-2)28-11-5-6-16-13-17-18(27)7-4-8-20(17)29(16)14-23(24,25)26;1-8(2)9-6-4-3-5-7-9/h4,7-10,12-13,28H,3,11,14,27H2,1-2H3;8H,3-7H2,1-2H3. The molecule has 2 heterocycles. The van der Waals surface area contributed by atoms with Crippen LogP contribution in [-0.4, -0.2) is 61.0 Å². The molecule has 0 aliphatic carbocycles. The monoisotopic (exact) mass is 572 g/mol. The molecule has 0 atom stereocenters. The minimum Gasteiger partial charge on any atom is -0.495 e. The van der Waals surface area contributed by atoms with Crippen molar-refractivity contribution in [2.45, 2.75) is 58.8 Å². The van der Waals surface area contributed by atoms with Gasteiger partial charge in [0.2, 0.25) is 0 Å². The summed E-state index contributed by atoms with van der Waals surface area (Å²) in [5, 5.41) is 3.56. The van der Waals surface area contributed by atoms with Crippen molar-refractivity contribution < 1.29 is 27.4 Å². The molecule has 0 saturated carbocycles. The Morgan fingerprint density at radius 3 is 2.46 bits per heavy atom. The number of nitrogens with zero attached hydrogens (tertiary/aromatic N) is 2. The number of nitrogens with one attached hydrogen (secondary N) is 1. The fraction of sp³-hybridized carbons (Fsp3) is 0.452. The molecule has 7 nitrogen and oxygen atoms in total. The zero-order valence-corrected chi connectivity index (χ0v) is 24.1. The van der Waals surface area contributed by atoms with Gasteiger partial charge in [-0.1, -0.05) is 18.4 Å². The number of halogens is 3. The summed E-state index contributed by atoms with van der Waals surface area (Å²) < 4.78 is 50.7. The number of likely N-dealkylation sites (tertiary alicyclic amines) is 1. The van der Waals surface area contributed by atoms with Crippen LogP contribution in [0.3, 0.4) is 0 Å². The van der Waals surface area contributed by atoms with E-state index >= 15 is 0 Å². The Hall–Kier alpha value is -3.84. The molecule has 3 N–H and O–H groups in total. The number of carbonyl (C=O) groups is 1. The second kappa shape index (κ2) is 14.7. The maximum atomic E-state index is 13.1. The minimum atomic E-state index is -4.40. The molecule has 1 aliphatic rings. The van der Waals surface area contributed by atoms with Crippen LogP contribution in [0.4, 0.5) is 24.5 Å². The smallest absolute Gasteiger partial charge is 0.406 e. The molecule has 0 unspecified atom stereocenters. The van der Waals surface area contributed by atoms with Gasteiger partial charge >= 0.3 is 12.1 Å². The average Bonchev–Trinajstić information content (AvgIpc) is 3.29. The van der Waals surface area contributed by atoms with Gasteiger partial charge in [0.05, 0.1) is 42.7 Å². The number of nitrogen functional groups attached to an aromatic ring is 1. The first-order chi connectivity index (χ1) is 19.5. The van der Waals surface area contributed by atoms with E-state index in [1.165, 1.54) is 45.5 Å². The summed E-state index contributed by atoms with van der Waals surface area (Å²) in [6.45, 7) is 8.17. The Balaban J connectivity index is 0.000000436. The first-order valence-corrected chi connectivity index (χ1v) is 13.8. The highest BCUT2D eigenvalue weighted by Crippen LogP contribution is 2.29. The van der Waals surface area contributed by atoms with E-state index in [2.05, 4.69) is 35.9 Å². The Kier molecular flexibility index (Phi) is 11.4. The largest absolute Gasteiger partial charge is 0.495 e. The minimum absolute atomic E-state index is 0.137. The van der Waals surface area contributed by atoms with Crippen molar-refractivity contribution >= 4 is 28.2 Å². The van der Waals surface area contributed by atoms with Crippen LogP contribution in [0, 0.1) is 11.8 Å². The molecule has 41 heavy (non-hydrogen) atoms. The lowest BCUT2D eigenvalue weighted by Crippen LogP contribution is -2.35. The van der Waals surface area contributed by atoms with Crippen LogP contribution >= 0.6 is 0 Å². The lowest BCUT2D eigenvalue weighted by molar-refractivity contribution is -0.140. The molecule has 1 aromatic heterocycles. The first-order valence-electron chi connectivity index (χ1n) is 13.8. The molecule has 222 valence electrons. The summed E-state index contributed by atoms with van der Waals surface area (Å²) in [5.41, 5.74) is 7.80. The number of methoxy groups -OCH3 is 1. The number of benzene rings is 2. The van der Waals surface area contributed by atoms with Gasteiger partial charge in [-0.05, 0) is 89.0 Å². The van der Waals surface area contributed by atoms with E-state index in [1.54, 1.807) is 43.3 Å². The third-order valence-corrected chi connectivity index (χ3v) is 6.73. The molecule has 0 spiro atoms. The molecule has 10 heteroatoms. The molecule has 0 radical (unpaired) electrons. The fourth-order valence-corrected chi connectivity index (χ4v) is 4.65. The highest BCUT2D eigenvalue weighted by molar-refractivity contribution is 5.93. The number of hydrogen-bond acceptors (Lipinski definition) is 6. The Bertz CT molecular complexity index is 1370. The Morgan fingerprint density at radius 1 is 1.12 bits per heavy atom. The number of carbonyl (C=O) groups excluding carboxylic acids is 1. The zero-order chi connectivity index (χ0) is 30.0. The summed E-state index contributed by atoms with van der Waals surface area (Å²) in [6.07, 6.45) is -0.126. The van der Waals surface area contributed by atoms with E-state index in [4.69, 9.17) is 15.2 Å². The van der Waals surface area contributed by atoms with Crippen LogP contribution in [0.5, 0.6) is 5.75 Å². The Labute approximate surface area is 239 Å². The molecule has 2 aromatic carbocycles. The van der Waals surface area contributed by atoms with Gasteiger partial charge in [0.1, 0.15) is 12.3 Å². The highest BCUT2D eigenvalue weighted by Gasteiger charge is 2.29. The molecular weight excluding hydrogens is 533 g/mol. The molecular formula is C31H39F3N4O3. The number of ether oxygens (including phenoxy) is 2. The maximum Gasteiger partial charge on any atom is 0.406 e. The number of nitrogens with two attached hydrogens (primary N) is 1. The maximum absolute atomic E-state index is 13.1. The van der Waals surface area contributed by atoms with Gasteiger partial charge in [-0.15, -0.1) is 0 Å². The van der Waals surface area contributed by atoms with Crippen molar-refractivity contribution in [3.8, 4) is 17.6 Å². The fourth-order valence-electron chi connectivity index (χ4n) is 4.65. The van der Waals surface area contributed by atoms with Crippen LogP contribution in [-0.2, 0) is 11.3 Å². The van der Waals surface area contributed by atoms with Crippen LogP contribution in [0.25, 0.3) is 10.9 Å². The Morgan fingerprint density at radius 2 is 1.85 bits per heavy atom. The van der Waals surface area contributed by atoms with Crippen molar-refractivity contribution in [3.63, 3.8) is 0 Å². The number of aromatic nitrogens is 1. The number of esters is 1. The number of piperidine rings is 1. The van der Waals surface area contributed by atoms with Crippen LogP contribution in [0.1, 0.15) is 56.1 Å². The van der Waals surface area contributed by atoms with E-state index in [9.17, 15) is 18.0 Å². The van der Waals surface area contributed by atoms with E-state index in [1.807, 2.05) is 0 Å². The summed E-state index contributed by atoms with van der Waals surface area (Å²) in [7, 11) is 1.46. The van der Waals surface area contributed by atoms with Gasteiger partial charge in [-0.25, -0.2) is 4.79 Å². The van der Waals surface area contributed by atoms with Gasteiger partial charge in [-0.3, -0.25) is 0 Å². The molecule has 0 amide bonds. The third kappa shape index (κ3) is 9.08. The van der Waals surface area contributed by atoms with Crippen LogP contribution in [0.15, 0.2) is 42.5 Å². The molecule has 1 fully saturated rings. The van der Waals surface area contributed by atoms with Crippen molar-refractivity contribution in [2.75, 3.05) is 44.4 Å². The topological polar surface area (TPSA) is 81.8 Å². The summed E-state index contributed by atoms with van der Waals surface area (Å²) in [5.74, 6) is 5.56. The predicted molar refractivity (Wildman–Crippen MR) is 157 cm³/mol. The molecule has 1 aliphatic heterocycles. The number of rotatable bonds is 7. The van der Waals surface area contributed by atoms with Gasteiger partial charge in [0, 0.05) is 17.1 Å². The third-order valence-electron chi connectivity index (χ3n) is 6.73. The lowest BCUT2D eigenvalue weighted by Gasteiger charge is -2.29. The second-order valence-corrected chi connectivity index (χ2v) is 9.99. The number of anilines is 2. The highest BCUT2D eigenvalue weighted by atomic mass is 19.4. The van der Waals surface area contributed by atoms with Gasteiger partial charge in [0.15, 0.2) is 0 Å². The number of alkyl halides is 3. The van der Waals surface area contributed by atoms with Gasteiger partial charge in [0.25, 0.3) is 0 Å². The molecule has 4 rings (SSSR count). The van der Waals surface area contributed by atoms with E-state index in [0.29, 0.717) is 33.6 Å². The van der Waals surface area contributed by atoms with E-state index in [0.717, 1.165) is 10.6 Å². The summed E-state index contributed by atoms with van der Waals surface area (Å²) in [6, 6.07) is 11.9. The predicted octanol–water partition coefficient (Wildman–Crippen LogP) is 6.32. The van der Waals surface area contributed by atoms with Gasteiger partial charge in [-0.2, -0.15) is 13.2 Å². The average molecular weight is 573 g/mol. The molecule has 3 aromatic rings. The van der Waals surface area contributed by atoms with Crippen LogP contribution < -0.4 is 15.8 Å². The van der Waals surface area contributed by atoms with E-state index < -0.39 is 18.7 Å². The summed E-state index contributed by atoms with van der Waals surface area (Å²) >= 11 is 0. The second-order valence-electron chi connectivity index (χ2n) is 9.99. The van der Waals surface area contributed by atoms with Crippen molar-refractivity contribution in [1.82, 2.24) is 9.47 Å². The molecule has 0 bridgehead atoms. The van der Waals surface area contributed by atoms with Crippen molar-refractivity contribution in [3.05, 3.63) is 53.7 Å². The molecule has 1 saturated heterocycles. The zero-order valence-electron chi connectivity index (χ0n) is 24.1. The van der Waals surface area contributed by atoms with Gasteiger partial charge < -0.3 is 30.0 Å². The first kappa shape index (κ1) is 31.7. The van der Waals surface area contributed by atoms with Crippen LogP contribution in [0.2, 0.25) is 0 Å². The normalized spacial score (nSPS) is 13.7.